The van der Waals surface area contributed by atoms with E-state index in [1.165, 1.54) is 18.4 Å². The predicted octanol–water partition coefficient (Wildman–Crippen LogP) is 3.00. The Morgan fingerprint density at radius 2 is 2.27 bits per heavy atom. The monoisotopic (exact) mass is 334 g/mol. The van der Waals surface area contributed by atoms with Crippen molar-refractivity contribution in [2.45, 2.75) is 0 Å². The molecule has 0 aliphatic rings. The van der Waals surface area contributed by atoms with Gasteiger partial charge in [0.2, 0.25) is 0 Å². The lowest BCUT2D eigenvalue weighted by Gasteiger charge is -1.94. The smallest absolute Gasteiger partial charge is 0.351 e. The molecule has 0 spiro atoms. The van der Waals surface area contributed by atoms with Crippen LogP contribution in [0.3, 0.4) is 0 Å². The van der Waals surface area contributed by atoms with Crippen LogP contribution in [0, 0.1) is 3.57 Å². The summed E-state index contributed by atoms with van der Waals surface area (Å²) >= 11 is 3.42. The van der Waals surface area contributed by atoms with Crippen LogP contribution in [0.4, 0.5) is 0 Å². The zero-order chi connectivity index (χ0) is 11.0. The lowest BCUT2D eigenvalue weighted by atomic mass is 10.2. The predicted molar refractivity (Wildman–Crippen MR) is 67.5 cm³/mol. The summed E-state index contributed by atoms with van der Waals surface area (Å²) in [6.07, 6.45) is 0. The Morgan fingerprint density at radius 3 is 2.87 bits per heavy atom. The summed E-state index contributed by atoms with van der Waals surface area (Å²) in [4.78, 5) is 11.6. The summed E-state index contributed by atoms with van der Waals surface area (Å²) in [6.45, 7) is 0. The van der Waals surface area contributed by atoms with E-state index in [0.29, 0.717) is 5.39 Å². The number of carbonyl (C=O) groups is 1. The van der Waals surface area contributed by atoms with E-state index in [1.807, 2.05) is 12.1 Å². The van der Waals surface area contributed by atoms with Crippen molar-refractivity contribution >= 4 is 50.0 Å². The highest BCUT2D eigenvalue weighted by Gasteiger charge is 2.19. The first kappa shape index (κ1) is 10.7. The van der Waals surface area contributed by atoms with E-state index < -0.39 is 5.97 Å². The number of thiophene rings is 1. The molecular formula is C10H7IO3S. The average molecular weight is 334 g/mol. The number of carbonyl (C=O) groups excluding carboxylic acids is 1. The van der Waals surface area contributed by atoms with Crippen molar-refractivity contribution < 1.29 is 14.6 Å². The maximum atomic E-state index is 11.3. The van der Waals surface area contributed by atoms with Gasteiger partial charge in [0.05, 0.1) is 11.8 Å². The molecule has 0 unspecified atom stereocenters. The third kappa shape index (κ3) is 1.69. The highest BCUT2D eigenvalue weighted by Crippen LogP contribution is 2.39. The van der Waals surface area contributed by atoms with Gasteiger partial charge in [0.1, 0.15) is 5.75 Å². The first-order valence-corrected chi connectivity index (χ1v) is 6.03. The summed E-state index contributed by atoms with van der Waals surface area (Å²) in [6, 6.07) is 5.56. The Bertz CT molecular complexity index is 533. The third-order valence-electron chi connectivity index (χ3n) is 2.01. The van der Waals surface area contributed by atoms with Gasteiger partial charge in [-0.3, -0.25) is 0 Å². The molecular weight excluding hydrogens is 327 g/mol. The zero-order valence-electron chi connectivity index (χ0n) is 7.78. The molecule has 0 fully saturated rings. The number of rotatable bonds is 1. The molecule has 2 aromatic rings. The summed E-state index contributed by atoms with van der Waals surface area (Å²) < 4.78 is 6.52. The van der Waals surface area contributed by atoms with Crippen LogP contribution in [0.1, 0.15) is 9.67 Å². The second-order valence-corrected chi connectivity index (χ2v) is 5.07. The summed E-state index contributed by atoms with van der Waals surface area (Å²) in [5, 5.41) is 10.5. The molecule has 78 valence electrons. The van der Waals surface area contributed by atoms with Crippen LogP contribution in [0.25, 0.3) is 10.1 Å². The highest BCUT2D eigenvalue weighted by molar-refractivity contribution is 14.1. The van der Waals surface area contributed by atoms with Crippen molar-refractivity contribution in [2.75, 3.05) is 7.11 Å². The van der Waals surface area contributed by atoms with E-state index in [9.17, 15) is 9.90 Å². The van der Waals surface area contributed by atoms with Gasteiger partial charge in [-0.15, -0.1) is 11.3 Å². The van der Waals surface area contributed by atoms with Crippen molar-refractivity contribution in [3.8, 4) is 5.75 Å². The van der Waals surface area contributed by atoms with Gasteiger partial charge in [-0.25, -0.2) is 4.79 Å². The SMILES string of the molecule is COC(=O)c1sc2c(I)cccc2c1O. The summed E-state index contributed by atoms with van der Waals surface area (Å²) in [5.41, 5.74) is 0. The normalized spacial score (nSPS) is 10.5. The lowest BCUT2D eigenvalue weighted by Crippen LogP contribution is -1.97. The minimum atomic E-state index is -0.496. The minimum Gasteiger partial charge on any atom is -0.505 e. The minimum absolute atomic E-state index is 0.0142. The summed E-state index contributed by atoms with van der Waals surface area (Å²) in [5.74, 6) is -0.482. The fourth-order valence-corrected chi connectivity index (χ4v) is 3.15. The van der Waals surface area contributed by atoms with Crippen LogP contribution in [0.5, 0.6) is 5.75 Å². The molecule has 0 aliphatic heterocycles. The molecule has 0 saturated carbocycles. The number of hydrogen-bond acceptors (Lipinski definition) is 4. The van der Waals surface area contributed by atoms with Crippen molar-refractivity contribution in [3.63, 3.8) is 0 Å². The summed E-state index contributed by atoms with van der Waals surface area (Å²) in [7, 11) is 1.30. The van der Waals surface area contributed by atoms with Gasteiger partial charge < -0.3 is 9.84 Å². The fraction of sp³-hybridized carbons (Fsp3) is 0.100. The first-order valence-electron chi connectivity index (χ1n) is 4.13. The average Bonchev–Trinajstić information content (AvgIpc) is 2.57. The van der Waals surface area contributed by atoms with Gasteiger partial charge in [-0.1, -0.05) is 6.07 Å². The number of ether oxygens (including phenoxy) is 1. The van der Waals surface area contributed by atoms with Crippen LogP contribution in [0.2, 0.25) is 0 Å². The molecule has 0 aliphatic carbocycles. The second kappa shape index (κ2) is 3.97. The molecule has 1 heterocycles. The number of esters is 1. The molecule has 0 radical (unpaired) electrons. The van der Waals surface area contributed by atoms with E-state index in [4.69, 9.17) is 0 Å². The molecule has 5 heteroatoms. The molecule has 1 aromatic heterocycles. The molecule has 3 nitrogen and oxygen atoms in total. The Kier molecular flexibility index (Phi) is 2.83. The number of fused-ring (bicyclic) bond motifs is 1. The van der Waals surface area contributed by atoms with Gasteiger partial charge in [0.15, 0.2) is 4.88 Å². The fourth-order valence-electron chi connectivity index (χ4n) is 1.30. The Hall–Kier alpha value is -0.820. The van der Waals surface area contributed by atoms with Gasteiger partial charge in [-0.2, -0.15) is 0 Å². The Morgan fingerprint density at radius 1 is 1.53 bits per heavy atom. The maximum Gasteiger partial charge on any atom is 0.351 e. The third-order valence-corrected chi connectivity index (χ3v) is 4.49. The molecule has 0 bridgehead atoms. The van der Waals surface area contributed by atoms with Gasteiger partial charge in [-0.05, 0) is 34.7 Å². The van der Waals surface area contributed by atoms with Crippen molar-refractivity contribution in [3.05, 3.63) is 26.6 Å². The van der Waals surface area contributed by atoms with Crippen LogP contribution in [-0.4, -0.2) is 18.2 Å². The Balaban J connectivity index is 2.75. The molecule has 0 amide bonds. The topological polar surface area (TPSA) is 46.5 Å². The zero-order valence-corrected chi connectivity index (χ0v) is 10.8. The van der Waals surface area contributed by atoms with Crippen molar-refractivity contribution in [2.24, 2.45) is 0 Å². The molecule has 0 atom stereocenters. The Labute approximate surface area is 104 Å². The van der Waals surface area contributed by atoms with Crippen LogP contribution in [-0.2, 0) is 4.74 Å². The van der Waals surface area contributed by atoms with Gasteiger partial charge >= 0.3 is 5.97 Å². The van der Waals surface area contributed by atoms with E-state index in [0.717, 1.165) is 8.27 Å². The molecule has 1 aromatic carbocycles. The van der Waals surface area contributed by atoms with E-state index >= 15 is 0 Å². The quantitative estimate of drug-likeness (QED) is 0.644. The van der Waals surface area contributed by atoms with Crippen LogP contribution in [0.15, 0.2) is 18.2 Å². The van der Waals surface area contributed by atoms with Crippen LogP contribution < -0.4 is 0 Å². The second-order valence-electron chi connectivity index (χ2n) is 2.89. The van der Waals surface area contributed by atoms with E-state index in [1.54, 1.807) is 6.07 Å². The van der Waals surface area contributed by atoms with E-state index in [2.05, 4.69) is 27.3 Å². The van der Waals surface area contributed by atoms with E-state index in [-0.39, 0.29) is 10.6 Å². The number of aromatic hydroxyl groups is 1. The number of methoxy groups -OCH3 is 1. The molecule has 15 heavy (non-hydrogen) atoms. The number of benzene rings is 1. The van der Waals surface area contributed by atoms with Crippen molar-refractivity contribution in [1.82, 2.24) is 0 Å². The largest absolute Gasteiger partial charge is 0.505 e. The van der Waals surface area contributed by atoms with Gasteiger partial charge in [0.25, 0.3) is 0 Å². The first-order chi connectivity index (χ1) is 7.15. The standard InChI is InChI=1S/C10H7IO3S/c1-14-10(13)9-7(12)5-3-2-4-6(11)8(5)15-9/h2-4,12H,1H3. The van der Waals surface area contributed by atoms with Crippen LogP contribution >= 0.6 is 33.9 Å². The molecule has 2 rings (SSSR count). The van der Waals surface area contributed by atoms with Gasteiger partial charge in [0, 0.05) is 8.96 Å². The number of hydrogen-bond donors (Lipinski definition) is 1. The molecule has 1 N–H and O–H groups in total. The van der Waals surface area contributed by atoms with Crippen molar-refractivity contribution in [1.29, 1.82) is 0 Å². The lowest BCUT2D eigenvalue weighted by molar-refractivity contribution is 0.0603. The molecule has 0 saturated heterocycles. The highest BCUT2D eigenvalue weighted by atomic mass is 127. The number of halogens is 1. The maximum absolute atomic E-state index is 11.3.